The molecule has 0 spiro atoms. The number of esters is 1. The average molecular weight is 592 g/mol. The van der Waals surface area contributed by atoms with Crippen LogP contribution in [-0.4, -0.2) is 37.5 Å². The number of benzene rings is 2. The Balaban J connectivity index is 2.01. The van der Waals surface area contributed by atoms with Crippen LogP contribution in [0.1, 0.15) is 16.7 Å². The summed E-state index contributed by atoms with van der Waals surface area (Å²) >= 11 is 6.80. The molecule has 176 valence electrons. The highest BCUT2D eigenvalue weighted by atomic mass is 79.9. The lowest BCUT2D eigenvalue weighted by Crippen LogP contribution is -2.54. The van der Waals surface area contributed by atoms with Crippen molar-refractivity contribution >= 4 is 67.4 Å². The van der Waals surface area contributed by atoms with Crippen molar-refractivity contribution in [3.63, 3.8) is 0 Å². The molecule has 8 nitrogen and oxygen atoms in total. The normalized spacial score (nSPS) is 14.8. The summed E-state index contributed by atoms with van der Waals surface area (Å²) in [5.41, 5.74) is 2.12. The van der Waals surface area contributed by atoms with Crippen molar-refractivity contribution in [2.24, 2.45) is 0 Å². The lowest BCUT2D eigenvalue weighted by molar-refractivity contribution is -0.143. The third kappa shape index (κ3) is 5.45. The number of halogens is 2. The maximum absolute atomic E-state index is 13.2. The molecule has 0 radical (unpaired) electrons. The molecule has 10 heteroatoms. The summed E-state index contributed by atoms with van der Waals surface area (Å²) in [6, 6.07) is 7.51. The molecule has 1 fully saturated rings. The standard InChI is InChI=1S/C24H20Br2N2O6/c1-4-5-15-9-14(11-19(26)21(15)34-12-20(29)33-3)10-17-22(30)27-24(32)28(23(17)31)16-6-7-18(25)13(2)8-16/h4,6-11H,1,5,12H2,2-3H3,(H,27,30,32)/b17-10+. The number of barbiturate groups is 1. The Bertz CT molecular complexity index is 1240. The summed E-state index contributed by atoms with van der Waals surface area (Å²) < 4.78 is 11.5. The molecular weight excluding hydrogens is 572 g/mol. The van der Waals surface area contributed by atoms with Gasteiger partial charge in [0.25, 0.3) is 11.8 Å². The van der Waals surface area contributed by atoms with Crippen molar-refractivity contribution in [2.75, 3.05) is 18.6 Å². The van der Waals surface area contributed by atoms with Crippen LogP contribution in [0.3, 0.4) is 0 Å². The maximum Gasteiger partial charge on any atom is 0.343 e. The van der Waals surface area contributed by atoms with Crippen LogP contribution in [0, 0.1) is 6.92 Å². The van der Waals surface area contributed by atoms with E-state index in [4.69, 9.17) is 4.74 Å². The topological polar surface area (TPSA) is 102 Å². The quantitative estimate of drug-likeness (QED) is 0.221. The Morgan fingerprint density at radius 1 is 1.15 bits per heavy atom. The lowest BCUT2D eigenvalue weighted by Gasteiger charge is -2.26. The van der Waals surface area contributed by atoms with Crippen molar-refractivity contribution < 1.29 is 28.7 Å². The molecule has 0 saturated carbocycles. The van der Waals surface area contributed by atoms with Gasteiger partial charge >= 0.3 is 12.0 Å². The zero-order chi connectivity index (χ0) is 25.0. The molecule has 1 heterocycles. The van der Waals surface area contributed by atoms with E-state index < -0.39 is 23.8 Å². The molecule has 0 unspecified atom stereocenters. The highest BCUT2D eigenvalue weighted by molar-refractivity contribution is 9.10. The number of anilines is 1. The molecule has 1 aliphatic rings. The van der Waals surface area contributed by atoms with E-state index in [0.29, 0.717) is 33.5 Å². The first-order chi connectivity index (χ1) is 16.2. The van der Waals surface area contributed by atoms with Gasteiger partial charge < -0.3 is 9.47 Å². The molecule has 1 N–H and O–H groups in total. The predicted octanol–water partition coefficient (Wildman–Crippen LogP) is 4.47. The van der Waals surface area contributed by atoms with Gasteiger partial charge in [-0.15, -0.1) is 6.58 Å². The molecule has 0 atom stereocenters. The van der Waals surface area contributed by atoms with E-state index in [1.807, 2.05) is 6.92 Å². The molecule has 4 amide bonds. The third-order valence-electron chi connectivity index (χ3n) is 4.88. The first-order valence-electron chi connectivity index (χ1n) is 9.96. The largest absolute Gasteiger partial charge is 0.480 e. The van der Waals surface area contributed by atoms with Crippen LogP contribution in [0.25, 0.3) is 6.08 Å². The molecule has 1 aliphatic heterocycles. The van der Waals surface area contributed by atoms with E-state index >= 15 is 0 Å². The highest BCUT2D eigenvalue weighted by Crippen LogP contribution is 2.33. The van der Waals surface area contributed by atoms with Gasteiger partial charge in [0.1, 0.15) is 11.3 Å². The summed E-state index contributed by atoms with van der Waals surface area (Å²) in [4.78, 5) is 50.6. The molecule has 0 aliphatic carbocycles. The van der Waals surface area contributed by atoms with Gasteiger partial charge in [-0.2, -0.15) is 0 Å². The number of ether oxygens (including phenoxy) is 2. The van der Waals surface area contributed by atoms with Crippen molar-refractivity contribution in [1.82, 2.24) is 5.32 Å². The number of urea groups is 1. The van der Waals surface area contributed by atoms with Gasteiger partial charge in [-0.25, -0.2) is 14.5 Å². The number of nitrogens with zero attached hydrogens (tertiary/aromatic N) is 1. The molecular formula is C24H20Br2N2O6. The zero-order valence-electron chi connectivity index (χ0n) is 18.3. The summed E-state index contributed by atoms with van der Waals surface area (Å²) in [7, 11) is 1.26. The fourth-order valence-corrected chi connectivity index (χ4v) is 4.12. The Hall–Kier alpha value is -3.24. The van der Waals surface area contributed by atoms with Crippen molar-refractivity contribution in [3.8, 4) is 5.75 Å². The van der Waals surface area contributed by atoms with Crippen LogP contribution in [0.15, 0.2) is 57.5 Å². The van der Waals surface area contributed by atoms with E-state index in [1.165, 1.54) is 13.2 Å². The lowest BCUT2D eigenvalue weighted by atomic mass is 10.0. The summed E-state index contributed by atoms with van der Waals surface area (Å²) in [5, 5.41) is 2.21. The minimum Gasteiger partial charge on any atom is -0.480 e. The van der Waals surface area contributed by atoms with E-state index in [1.54, 1.807) is 36.4 Å². The molecule has 2 aromatic carbocycles. The number of imide groups is 2. The number of amides is 4. The number of rotatable bonds is 7. The second-order valence-electron chi connectivity index (χ2n) is 7.24. The van der Waals surface area contributed by atoms with Crippen LogP contribution < -0.4 is 15.0 Å². The van der Waals surface area contributed by atoms with E-state index in [2.05, 4.69) is 48.5 Å². The minimum absolute atomic E-state index is 0.208. The van der Waals surface area contributed by atoms with Crippen molar-refractivity contribution in [3.05, 3.63) is 74.2 Å². The first-order valence-corrected chi connectivity index (χ1v) is 11.6. The van der Waals surface area contributed by atoms with Crippen molar-refractivity contribution in [2.45, 2.75) is 13.3 Å². The zero-order valence-corrected chi connectivity index (χ0v) is 21.5. The number of carbonyl (C=O) groups is 4. The van der Waals surface area contributed by atoms with Gasteiger partial charge in [0.15, 0.2) is 6.61 Å². The Morgan fingerprint density at radius 2 is 1.88 bits per heavy atom. The fraction of sp³-hybridized carbons (Fsp3) is 0.167. The predicted molar refractivity (Wildman–Crippen MR) is 133 cm³/mol. The monoisotopic (exact) mass is 590 g/mol. The van der Waals surface area contributed by atoms with Crippen LogP contribution in [0.2, 0.25) is 0 Å². The van der Waals surface area contributed by atoms with Crippen LogP contribution in [-0.2, 0) is 25.5 Å². The third-order valence-corrected chi connectivity index (χ3v) is 6.36. The first kappa shape index (κ1) is 25.4. The minimum atomic E-state index is -0.825. The Morgan fingerprint density at radius 3 is 2.53 bits per heavy atom. The van der Waals surface area contributed by atoms with E-state index in [9.17, 15) is 19.2 Å². The molecule has 34 heavy (non-hydrogen) atoms. The van der Waals surface area contributed by atoms with Gasteiger partial charge in [-0.3, -0.25) is 14.9 Å². The highest BCUT2D eigenvalue weighted by Gasteiger charge is 2.37. The fourth-order valence-electron chi connectivity index (χ4n) is 3.24. The second kappa shape index (κ2) is 10.8. The van der Waals surface area contributed by atoms with Gasteiger partial charge in [0.05, 0.1) is 17.3 Å². The molecule has 2 aromatic rings. The average Bonchev–Trinajstić information content (AvgIpc) is 2.78. The van der Waals surface area contributed by atoms with E-state index in [0.717, 1.165) is 14.9 Å². The molecule has 3 rings (SSSR count). The molecule has 1 saturated heterocycles. The number of nitrogens with one attached hydrogen (secondary N) is 1. The Labute approximate surface area is 212 Å². The number of aryl methyl sites for hydroxylation is 1. The summed E-state index contributed by atoms with van der Waals surface area (Å²) in [6.07, 6.45) is 3.44. The van der Waals surface area contributed by atoms with Crippen LogP contribution in [0.5, 0.6) is 5.75 Å². The van der Waals surface area contributed by atoms with Gasteiger partial charge in [0.2, 0.25) is 0 Å². The summed E-state index contributed by atoms with van der Waals surface area (Å²) in [6.45, 7) is 5.27. The summed E-state index contributed by atoms with van der Waals surface area (Å²) in [5.74, 6) is -1.68. The van der Waals surface area contributed by atoms with Gasteiger partial charge in [-0.1, -0.05) is 22.0 Å². The van der Waals surface area contributed by atoms with Gasteiger partial charge in [-0.05, 0) is 82.4 Å². The number of hydrogen-bond acceptors (Lipinski definition) is 6. The number of allylic oxidation sites excluding steroid dienone is 1. The van der Waals surface area contributed by atoms with Crippen LogP contribution >= 0.6 is 31.9 Å². The number of hydrogen-bond donors (Lipinski definition) is 1. The maximum atomic E-state index is 13.2. The molecule has 0 bridgehead atoms. The van der Waals surface area contributed by atoms with Crippen LogP contribution in [0.4, 0.5) is 10.5 Å². The number of carbonyl (C=O) groups excluding carboxylic acids is 4. The van der Waals surface area contributed by atoms with Crippen molar-refractivity contribution in [1.29, 1.82) is 0 Å². The smallest absolute Gasteiger partial charge is 0.343 e. The second-order valence-corrected chi connectivity index (χ2v) is 8.95. The molecule has 0 aromatic heterocycles. The van der Waals surface area contributed by atoms with Gasteiger partial charge in [0, 0.05) is 4.47 Å². The van der Waals surface area contributed by atoms with E-state index in [-0.39, 0.29) is 12.2 Å². The Kier molecular flexibility index (Phi) is 8.06. The number of methoxy groups -OCH3 is 1. The SMILES string of the molecule is C=CCc1cc(/C=C2\C(=O)NC(=O)N(c3ccc(Br)c(C)c3)C2=O)cc(Br)c1OCC(=O)OC.